The molecule has 0 bridgehead atoms. The molecule has 0 spiro atoms. The summed E-state index contributed by atoms with van der Waals surface area (Å²) in [6.07, 6.45) is 5.91. The molecule has 1 aliphatic heterocycles. The first-order valence-electron chi connectivity index (χ1n) is 7.61. The van der Waals surface area contributed by atoms with Gasteiger partial charge in [-0.2, -0.15) is 10.5 Å². The SMILES string of the molecule is N#CC(C#N)=CNc1cccc(-c2nnc3n2CCCCC3)c1. The summed E-state index contributed by atoms with van der Waals surface area (Å²) in [4.78, 5) is 0. The van der Waals surface area contributed by atoms with Crippen molar-refractivity contribution in [2.24, 2.45) is 0 Å². The van der Waals surface area contributed by atoms with Crippen LogP contribution in [0, 0.1) is 22.7 Å². The maximum atomic E-state index is 8.77. The van der Waals surface area contributed by atoms with E-state index in [1.807, 2.05) is 36.4 Å². The fourth-order valence-corrected chi connectivity index (χ4v) is 2.69. The third kappa shape index (κ3) is 3.22. The van der Waals surface area contributed by atoms with Crippen molar-refractivity contribution in [2.45, 2.75) is 32.2 Å². The quantitative estimate of drug-likeness (QED) is 0.880. The summed E-state index contributed by atoms with van der Waals surface area (Å²) in [6.45, 7) is 0.947. The van der Waals surface area contributed by atoms with Gasteiger partial charge in [-0.15, -0.1) is 10.2 Å². The maximum absolute atomic E-state index is 8.77. The van der Waals surface area contributed by atoms with Gasteiger partial charge in [-0.3, -0.25) is 0 Å². The van der Waals surface area contributed by atoms with Crippen LogP contribution in [-0.2, 0) is 13.0 Å². The Morgan fingerprint density at radius 3 is 2.87 bits per heavy atom. The van der Waals surface area contributed by atoms with Gasteiger partial charge in [0.25, 0.3) is 0 Å². The Kier molecular flexibility index (Phi) is 4.35. The van der Waals surface area contributed by atoms with Crippen molar-refractivity contribution in [1.82, 2.24) is 14.8 Å². The van der Waals surface area contributed by atoms with Gasteiger partial charge in [0.05, 0.1) is 0 Å². The molecular formula is C17H16N6. The normalized spacial score (nSPS) is 13.1. The van der Waals surface area contributed by atoms with Crippen LogP contribution in [0.1, 0.15) is 25.1 Å². The highest BCUT2D eigenvalue weighted by Crippen LogP contribution is 2.24. The Morgan fingerprint density at radius 2 is 2.04 bits per heavy atom. The zero-order valence-corrected chi connectivity index (χ0v) is 12.7. The average Bonchev–Trinajstić information content (AvgIpc) is 2.85. The highest BCUT2D eigenvalue weighted by atomic mass is 15.3. The highest BCUT2D eigenvalue weighted by Gasteiger charge is 2.15. The Morgan fingerprint density at radius 1 is 1.17 bits per heavy atom. The number of nitrogens with one attached hydrogen (secondary N) is 1. The van der Waals surface area contributed by atoms with Crippen LogP contribution in [0.25, 0.3) is 11.4 Å². The number of rotatable bonds is 3. The van der Waals surface area contributed by atoms with Gasteiger partial charge in [0, 0.05) is 30.4 Å². The van der Waals surface area contributed by atoms with E-state index in [1.54, 1.807) is 0 Å². The monoisotopic (exact) mass is 304 g/mol. The average molecular weight is 304 g/mol. The van der Waals surface area contributed by atoms with Gasteiger partial charge in [0.15, 0.2) is 5.82 Å². The van der Waals surface area contributed by atoms with Crippen LogP contribution in [-0.4, -0.2) is 14.8 Å². The fraction of sp³-hybridized carbons (Fsp3) is 0.294. The van der Waals surface area contributed by atoms with Crippen molar-refractivity contribution in [1.29, 1.82) is 10.5 Å². The van der Waals surface area contributed by atoms with Crippen molar-refractivity contribution >= 4 is 5.69 Å². The van der Waals surface area contributed by atoms with Crippen molar-refractivity contribution in [3.63, 3.8) is 0 Å². The maximum Gasteiger partial charge on any atom is 0.164 e. The van der Waals surface area contributed by atoms with Gasteiger partial charge in [-0.05, 0) is 25.0 Å². The molecule has 6 heteroatoms. The molecule has 0 aliphatic carbocycles. The Labute approximate surface area is 134 Å². The second kappa shape index (κ2) is 6.76. The lowest BCUT2D eigenvalue weighted by Gasteiger charge is -2.08. The number of nitrogens with zero attached hydrogens (tertiary/aromatic N) is 5. The number of fused-ring (bicyclic) bond motifs is 1. The van der Waals surface area contributed by atoms with Crippen LogP contribution in [0.15, 0.2) is 36.0 Å². The smallest absolute Gasteiger partial charge is 0.164 e. The third-order valence-electron chi connectivity index (χ3n) is 3.85. The first kappa shape index (κ1) is 14.8. The first-order valence-corrected chi connectivity index (χ1v) is 7.61. The zero-order chi connectivity index (χ0) is 16.1. The van der Waals surface area contributed by atoms with Gasteiger partial charge in [-0.1, -0.05) is 18.6 Å². The molecule has 0 amide bonds. The van der Waals surface area contributed by atoms with Crippen molar-refractivity contribution in [3.8, 4) is 23.5 Å². The Bertz CT molecular complexity index is 802. The molecule has 0 radical (unpaired) electrons. The van der Waals surface area contributed by atoms with E-state index in [2.05, 4.69) is 20.1 Å². The van der Waals surface area contributed by atoms with Gasteiger partial charge >= 0.3 is 0 Å². The molecule has 1 aromatic carbocycles. The number of aromatic nitrogens is 3. The van der Waals surface area contributed by atoms with E-state index in [0.29, 0.717) is 0 Å². The fourth-order valence-electron chi connectivity index (χ4n) is 2.69. The van der Waals surface area contributed by atoms with E-state index in [-0.39, 0.29) is 5.57 Å². The molecule has 2 aromatic rings. The van der Waals surface area contributed by atoms with Crippen LogP contribution >= 0.6 is 0 Å². The van der Waals surface area contributed by atoms with Crippen LogP contribution in [0.2, 0.25) is 0 Å². The summed E-state index contributed by atoms with van der Waals surface area (Å²) in [6, 6.07) is 11.4. The zero-order valence-electron chi connectivity index (χ0n) is 12.7. The minimum Gasteiger partial charge on any atom is -0.360 e. The molecule has 0 saturated heterocycles. The lowest BCUT2D eigenvalue weighted by molar-refractivity contribution is 0.636. The second-order valence-corrected chi connectivity index (χ2v) is 5.41. The van der Waals surface area contributed by atoms with Gasteiger partial charge in [0.2, 0.25) is 0 Å². The van der Waals surface area contributed by atoms with E-state index in [9.17, 15) is 0 Å². The molecule has 1 aromatic heterocycles. The van der Waals surface area contributed by atoms with Crippen LogP contribution < -0.4 is 5.32 Å². The molecule has 0 saturated carbocycles. The lowest BCUT2D eigenvalue weighted by atomic mass is 10.2. The van der Waals surface area contributed by atoms with Crippen LogP contribution in [0.3, 0.4) is 0 Å². The van der Waals surface area contributed by atoms with Crippen molar-refractivity contribution in [3.05, 3.63) is 41.9 Å². The second-order valence-electron chi connectivity index (χ2n) is 5.41. The van der Waals surface area contributed by atoms with Crippen molar-refractivity contribution in [2.75, 3.05) is 5.32 Å². The minimum atomic E-state index is 0.0340. The van der Waals surface area contributed by atoms with Gasteiger partial charge in [0.1, 0.15) is 23.5 Å². The standard InChI is InChI=1S/C17H16N6/c18-10-13(11-19)12-20-15-6-4-5-14(9-15)17-22-21-16-7-2-1-3-8-23(16)17/h4-6,9,12,20H,1-3,7-8H2. The van der Waals surface area contributed by atoms with E-state index >= 15 is 0 Å². The number of anilines is 1. The first-order chi connectivity index (χ1) is 11.3. The van der Waals surface area contributed by atoms with E-state index in [1.165, 1.54) is 12.6 Å². The summed E-state index contributed by atoms with van der Waals surface area (Å²) in [5, 5.41) is 29.2. The van der Waals surface area contributed by atoms with Crippen LogP contribution in [0.4, 0.5) is 5.69 Å². The van der Waals surface area contributed by atoms with E-state index in [0.717, 1.165) is 48.7 Å². The summed E-state index contributed by atoms with van der Waals surface area (Å²) >= 11 is 0. The summed E-state index contributed by atoms with van der Waals surface area (Å²) < 4.78 is 2.19. The largest absolute Gasteiger partial charge is 0.360 e. The number of hydrogen-bond donors (Lipinski definition) is 1. The molecule has 0 unspecified atom stereocenters. The number of benzene rings is 1. The minimum absolute atomic E-state index is 0.0340. The molecule has 114 valence electrons. The third-order valence-corrected chi connectivity index (χ3v) is 3.85. The molecule has 2 heterocycles. The predicted octanol–water partition coefficient (Wildman–Crippen LogP) is 3.01. The summed E-state index contributed by atoms with van der Waals surface area (Å²) in [5.41, 5.74) is 1.81. The molecule has 6 nitrogen and oxygen atoms in total. The predicted molar refractivity (Wildman–Crippen MR) is 85.9 cm³/mol. The number of aryl methyl sites for hydroxylation is 1. The Balaban J connectivity index is 1.89. The van der Waals surface area contributed by atoms with Crippen LogP contribution in [0.5, 0.6) is 0 Å². The summed E-state index contributed by atoms with van der Waals surface area (Å²) in [7, 11) is 0. The molecule has 0 atom stereocenters. The lowest BCUT2D eigenvalue weighted by Crippen LogP contribution is -2.03. The number of hydrogen-bond acceptors (Lipinski definition) is 5. The Hall–Kier alpha value is -3.12. The molecule has 0 fully saturated rings. The topological polar surface area (TPSA) is 90.3 Å². The molecule has 1 N–H and O–H groups in total. The van der Waals surface area contributed by atoms with Crippen molar-refractivity contribution < 1.29 is 0 Å². The number of nitriles is 2. The van der Waals surface area contributed by atoms with Gasteiger partial charge in [-0.25, -0.2) is 0 Å². The molecule has 3 rings (SSSR count). The molecular weight excluding hydrogens is 288 g/mol. The molecule has 1 aliphatic rings. The summed E-state index contributed by atoms with van der Waals surface area (Å²) in [5.74, 6) is 1.92. The molecule has 23 heavy (non-hydrogen) atoms. The van der Waals surface area contributed by atoms with Gasteiger partial charge < -0.3 is 9.88 Å². The van der Waals surface area contributed by atoms with E-state index < -0.39 is 0 Å². The number of allylic oxidation sites excluding steroid dienone is 1. The van der Waals surface area contributed by atoms with E-state index in [4.69, 9.17) is 10.5 Å². The highest BCUT2D eigenvalue weighted by molar-refractivity contribution is 5.63.